The highest BCUT2D eigenvalue weighted by Crippen LogP contribution is 2.37. The van der Waals surface area contributed by atoms with Crippen molar-refractivity contribution in [2.75, 3.05) is 11.5 Å². The Morgan fingerprint density at radius 1 is 1.17 bits per heavy atom. The summed E-state index contributed by atoms with van der Waals surface area (Å²) < 4.78 is 10.8. The van der Waals surface area contributed by atoms with Gasteiger partial charge in [-0.05, 0) is 62.0 Å². The zero-order valence-electron chi connectivity index (χ0n) is 15.8. The molecule has 1 unspecified atom stereocenters. The predicted molar refractivity (Wildman–Crippen MR) is 110 cm³/mol. The molecule has 0 spiro atoms. The fourth-order valence-electron chi connectivity index (χ4n) is 2.64. The van der Waals surface area contributed by atoms with Crippen LogP contribution in [0.15, 0.2) is 53.4 Å². The summed E-state index contributed by atoms with van der Waals surface area (Å²) in [7, 11) is 0. The van der Waals surface area contributed by atoms with Crippen LogP contribution in [0.25, 0.3) is 6.08 Å². The number of carboxylic acids is 1. The van der Waals surface area contributed by atoms with E-state index >= 15 is 0 Å². The Kier molecular flexibility index (Phi) is 6.23. The van der Waals surface area contributed by atoms with Gasteiger partial charge in [0.1, 0.15) is 11.5 Å². The van der Waals surface area contributed by atoms with E-state index in [1.54, 1.807) is 48.5 Å². The van der Waals surface area contributed by atoms with Crippen molar-refractivity contribution >= 4 is 40.6 Å². The third-order valence-electron chi connectivity index (χ3n) is 4.06. The molecular formula is C21H19NO6S. The lowest BCUT2D eigenvalue weighted by Crippen LogP contribution is -2.27. The van der Waals surface area contributed by atoms with Gasteiger partial charge in [0.2, 0.25) is 0 Å². The SMILES string of the molecule is CCOc1ccc(N2C(=O)S/C(=C/c3ccccc3OC(C)C(=O)O)C2=O)cc1. The van der Waals surface area contributed by atoms with Gasteiger partial charge in [-0.3, -0.25) is 9.59 Å². The van der Waals surface area contributed by atoms with E-state index in [9.17, 15) is 14.4 Å². The maximum atomic E-state index is 12.8. The van der Waals surface area contributed by atoms with Crippen molar-refractivity contribution in [3.63, 3.8) is 0 Å². The number of carbonyl (C=O) groups excluding carboxylic acids is 2. The minimum Gasteiger partial charge on any atom is -0.494 e. The van der Waals surface area contributed by atoms with Gasteiger partial charge in [-0.2, -0.15) is 0 Å². The summed E-state index contributed by atoms with van der Waals surface area (Å²) in [5, 5.41) is 8.64. The zero-order valence-corrected chi connectivity index (χ0v) is 16.6. The van der Waals surface area contributed by atoms with Gasteiger partial charge in [0.05, 0.1) is 17.2 Å². The second-order valence-electron chi connectivity index (χ2n) is 6.08. The first-order valence-corrected chi connectivity index (χ1v) is 9.71. The molecule has 0 radical (unpaired) electrons. The highest BCUT2D eigenvalue weighted by molar-refractivity contribution is 8.19. The highest BCUT2D eigenvalue weighted by Gasteiger charge is 2.36. The highest BCUT2D eigenvalue weighted by atomic mass is 32.2. The van der Waals surface area contributed by atoms with Crippen molar-refractivity contribution in [1.82, 2.24) is 0 Å². The van der Waals surface area contributed by atoms with E-state index in [0.717, 1.165) is 16.7 Å². The average Bonchev–Trinajstić information content (AvgIpc) is 2.97. The molecule has 1 N–H and O–H groups in total. The fourth-order valence-corrected chi connectivity index (χ4v) is 3.47. The number of para-hydroxylation sites is 1. The number of carboxylic acid groups (broad SMARTS) is 1. The number of anilines is 1. The van der Waals surface area contributed by atoms with Gasteiger partial charge in [0.15, 0.2) is 6.10 Å². The molecule has 1 aliphatic rings. The lowest BCUT2D eigenvalue weighted by Gasteiger charge is -2.14. The Morgan fingerprint density at radius 2 is 1.86 bits per heavy atom. The van der Waals surface area contributed by atoms with E-state index in [4.69, 9.17) is 14.6 Å². The van der Waals surface area contributed by atoms with Gasteiger partial charge in [-0.25, -0.2) is 9.69 Å². The van der Waals surface area contributed by atoms with Crippen LogP contribution in [0.5, 0.6) is 11.5 Å². The Morgan fingerprint density at radius 3 is 2.52 bits per heavy atom. The van der Waals surface area contributed by atoms with Crippen molar-refractivity contribution in [3.05, 3.63) is 59.0 Å². The van der Waals surface area contributed by atoms with Crippen LogP contribution in [0.4, 0.5) is 10.5 Å². The lowest BCUT2D eigenvalue weighted by molar-refractivity contribution is -0.144. The van der Waals surface area contributed by atoms with Gasteiger partial charge >= 0.3 is 5.97 Å². The molecule has 29 heavy (non-hydrogen) atoms. The fraction of sp³-hybridized carbons (Fsp3) is 0.190. The summed E-state index contributed by atoms with van der Waals surface area (Å²) in [5.74, 6) is -0.589. The number of benzene rings is 2. The number of thioether (sulfide) groups is 1. The number of hydrogen-bond donors (Lipinski definition) is 1. The normalized spacial score (nSPS) is 16.2. The molecule has 0 aromatic heterocycles. The molecule has 3 rings (SSSR count). The van der Waals surface area contributed by atoms with Crippen LogP contribution in [0.1, 0.15) is 19.4 Å². The molecule has 2 amide bonds. The maximum Gasteiger partial charge on any atom is 0.344 e. The molecule has 8 heteroatoms. The van der Waals surface area contributed by atoms with Gasteiger partial charge in [0.25, 0.3) is 11.1 Å². The quantitative estimate of drug-likeness (QED) is 0.681. The van der Waals surface area contributed by atoms with Crippen LogP contribution in [-0.2, 0) is 9.59 Å². The van der Waals surface area contributed by atoms with Crippen molar-refractivity contribution in [2.24, 2.45) is 0 Å². The van der Waals surface area contributed by atoms with Gasteiger partial charge in [0, 0.05) is 5.56 Å². The standard InChI is InChI=1S/C21H19NO6S/c1-3-27-16-10-8-15(9-11-16)22-19(23)18(29-21(22)26)12-14-6-4-5-7-17(14)28-13(2)20(24)25/h4-13H,3H2,1-2H3,(H,24,25)/b18-12+. The van der Waals surface area contributed by atoms with E-state index in [1.165, 1.54) is 13.0 Å². The Hall–Kier alpha value is -3.26. The largest absolute Gasteiger partial charge is 0.494 e. The van der Waals surface area contributed by atoms with E-state index in [0.29, 0.717) is 29.4 Å². The van der Waals surface area contributed by atoms with Crippen molar-refractivity contribution < 1.29 is 29.0 Å². The van der Waals surface area contributed by atoms with Crippen LogP contribution < -0.4 is 14.4 Å². The predicted octanol–water partition coefficient (Wildman–Crippen LogP) is 4.18. The van der Waals surface area contributed by atoms with E-state index in [2.05, 4.69) is 0 Å². The van der Waals surface area contributed by atoms with Crippen LogP contribution in [0.3, 0.4) is 0 Å². The third kappa shape index (κ3) is 4.60. The first kappa shape index (κ1) is 20.5. The molecule has 1 heterocycles. The first-order valence-electron chi connectivity index (χ1n) is 8.90. The smallest absolute Gasteiger partial charge is 0.344 e. The topological polar surface area (TPSA) is 93.1 Å². The summed E-state index contributed by atoms with van der Waals surface area (Å²) in [6.07, 6.45) is 0.479. The monoisotopic (exact) mass is 413 g/mol. The van der Waals surface area contributed by atoms with Crippen LogP contribution in [0.2, 0.25) is 0 Å². The summed E-state index contributed by atoms with van der Waals surface area (Å²) in [6, 6.07) is 13.4. The van der Waals surface area contributed by atoms with Crippen LogP contribution in [0, 0.1) is 0 Å². The second kappa shape index (κ2) is 8.83. The van der Waals surface area contributed by atoms with Gasteiger partial charge in [-0.15, -0.1) is 0 Å². The van der Waals surface area contributed by atoms with Gasteiger partial charge in [-0.1, -0.05) is 18.2 Å². The number of nitrogens with zero attached hydrogens (tertiary/aromatic N) is 1. The molecule has 7 nitrogen and oxygen atoms in total. The lowest BCUT2D eigenvalue weighted by atomic mass is 10.1. The average molecular weight is 413 g/mol. The van der Waals surface area contributed by atoms with E-state index < -0.39 is 23.2 Å². The zero-order chi connectivity index (χ0) is 21.0. The molecule has 1 atom stereocenters. The Labute approximate surface area is 171 Å². The van der Waals surface area contributed by atoms with E-state index in [1.807, 2.05) is 6.92 Å². The Balaban J connectivity index is 1.86. The minimum atomic E-state index is -1.10. The summed E-state index contributed by atoms with van der Waals surface area (Å²) in [4.78, 5) is 37.6. The van der Waals surface area contributed by atoms with Crippen molar-refractivity contribution in [2.45, 2.75) is 20.0 Å². The van der Waals surface area contributed by atoms with Crippen LogP contribution in [-0.4, -0.2) is 34.9 Å². The van der Waals surface area contributed by atoms with Crippen molar-refractivity contribution in [3.8, 4) is 11.5 Å². The molecule has 0 saturated carbocycles. The number of imide groups is 1. The maximum absolute atomic E-state index is 12.8. The van der Waals surface area contributed by atoms with E-state index in [-0.39, 0.29) is 4.91 Å². The molecule has 0 bridgehead atoms. The Bertz CT molecular complexity index is 969. The molecule has 2 aromatic carbocycles. The molecule has 1 aliphatic heterocycles. The first-order chi connectivity index (χ1) is 13.9. The molecule has 2 aromatic rings. The summed E-state index contributed by atoms with van der Waals surface area (Å²) >= 11 is 0.815. The number of hydrogen-bond acceptors (Lipinski definition) is 6. The number of rotatable bonds is 7. The molecule has 150 valence electrons. The van der Waals surface area contributed by atoms with Gasteiger partial charge < -0.3 is 14.6 Å². The number of ether oxygens (including phenoxy) is 2. The third-order valence-corrected chi connectivity index (χ3v) is 4.93. The number of amides is 2. The molecule has 1 fully saturated rings. The summed E-state index contributed by atoms with van der Waals surface area (Å²) in [6.45, 7) is 3.80. The number of carbonyl (C=O) groups is 3. The van der Waals surface area contributed by atoms with Crippen molar-refractivity contribution in [1.29, 1.82) is 0 Å². The molecule has 1 saturated heterocycles. The molecule has 0 aliphatic carbocycles. The number of aliphatic carboxylic acids is 1. The molecular weight excluding hydrogens is 394 g/mol. The van der Waals surface area contributed by atoms with Crippen LogP contribution >= 0.6 is 11.8 Å². The minimum absolute atomic E-state index is 0.225. The second-order valence-corrected chi connectivity index (χ2v) is 7.07. The summed E-state index contributed by atoms with van der Waals surface area (Å²) in [5.41, 5.74) is 0.959.